The Bertz CT molecular complexity index is 873. The molecular weight excluding hydrogens is 306 g/mol. The Morgan fingerprint density at radius 1 is 1.26 bits per heavy atom. The van der Waals surface area contributed by atoms with Crippen LogP contribution in [0.4, 0.5) is 0 Å². The molecule has 0 aliphatic carbocycles. The van der Waals surface area contributed by atoms with Crippen molar-refractivity contribution in [2.45, 2.75) is 38.4 Å². The maximum atomic E-state index is 12.2. The first-order valence-corrected chi connectivity index (χ1v) is 7.10. The number of H-pyrrole nitrogens is 1. The minimum Gasteiger partial charge on any atom is -0.394 e. The first-order valence-electron chi connectivity index (χ1n) is 7.10. The molecule has 2 aromatic heterocycles. The van der Waals surface area contributed by atoms with Gasteiger partial charge < -0.3 is 25.0 Å². The van der Waals surface area contributed by atoms with Gasteiger partial charge in [-0.15, -0.1) is 0 Å². The molecule has 4 atom stereocenters. The predicted octanol–water partition coefficient (Wildman–Crippen LogP) is -1.69. The van der Waals surface area contributed by atoms with Gasteiger partial charge in [0.05, 0.1) is 6.61 Å². The smallest absolute Gasteiger partial charge is 0.351 e. The Labute approximate surface area is 129 Å². The molecule has 0 bridgehead atoms. The van der Waals surface area contributed by atoms with Crippen molar-refractivity contribution >= 4 is 11.0 Å². The number of rotatable bonds is 2. The van der Waals surface area contributed by atoms with E-state index in [9.17, 15) is 19.8 Å². The molecule has 124 valence electrons. The number of nitrogens with one attached hydrogen (secondary N) is 1. The molecule has 0 aromatic carbocycles. The van der Waals surface area contributed by atoms with E-state index in [1.54, 1.807) is 13.8 Å². The zero-order chi connectivity index (χ0) is 16.9. The van der Waals surface area contributed by atoms with E-state index in [2.05, 4.69) is 9.97 Å². The molecular formula is C14H17N3O6. The Balaban J connectivity index is 2.18. The van der Waals surface area contributed by atoms with Gasteiger partial charge in [0.15, 0.2) is 6.23 Å². The van der Waals surface area contributed by atoms with E-state index in [1.165, 1.54) is 6.20 Å². The van der Waals surface area contributed by atoms with Crippen molar-refractivity contribution in [1.82, 2.24) is 14.5 Å². The average Bonchev–Trinajstić information content (AvgIpc) is 2.80. The number of aryl methyl sites for hydroxylation is 1. The van der Waals surface area contributed by atoms with Crippen molar-refractivity contribution < 1.29 is 20.1 Å². The second-order valence-corrected chi connectivity index (χ2v) is 5.63. The molecule has 1 fully saturated rings. The van der Waals surface area contributed by atoms with Crippen LogP contribution in [0.15, 0.2) is 15.8 Å². The highest BCUT2D eigenvalue weighted by Crippen LogP contribution is 2.28. The topological polar surface area (TPSA) is 138 Å². The van der Waals surface area contributed by atoms with Crippen LogP contribution in [0.5, 0.6) is 0 Å². The maximum Gasteiger partial charge on any atom is 0.351 e. The fourth-order valence-electron chi connectivity index (χ4n) is 2.70. The van der Waals surface area contributed by atoms with Crippen LogP contribution in [0, 0.1) is 13.8 Å². The number of aromatic nitrogens is 3. The first-order chi connectivity index (χ1) is 10.8. The number of aliphatic hydroxyl groups is 3. The van der Waals surface area contributed by atoms with Gasteiger partial charge in [-0.25, -0.2) is 4.79 Å². The van der Waals surface area contributed by atoms with Crippen molar-refractivity contribution in [3.63, 3.8) is 0 Å². The lowest BCUT2D eigenvalue weighted by Crippen LogP contribution is -2.36. The third-order valence-corrected chi connectivity index (χ3v) is 4.28. The number of aromatic amines is 1. The predicted molar refractivity (Wildman–Crippen MR) is 79.1 cm³/mol. The molecule has 0 amide bonds. The summed E-state index contributed by atoms with van der Waals surface area (Å²) in [5, 5.41) is 29.5. The van der Waals surface area contributed by atoms with Crippen LogP contribution in [0.3, 0.4) is 0 Å². The highest BCUT2D eigenvalue weighted by Gasteiger charge is 2.43. The van der Waals surface area contributed by atoms with Crippen LogP contribution >= 0.6 is 0 Å². The maximum absolute atomic E-state index is 12.2. The molecule has 3 rings (SSSR count). The second-order valence-electron chi connectivity index (χ2n) is 5.63. The number of ether oxygens (including phenoxy) is 1. The lowest BCUT2D eigenvalue weighted by Gasteiger charge is -2.18. The Morgan fingerprint density at radius 3 is 2.57 bits per heavy atom. The zero-order valence-corrected chi connectivity index (χ0v) is 12.6. The van der Waals surface area contributed by atoms with Crippen molar-refractivity contribution in [3.8, 4) is 0 Å². The number of hydrogen-bond acceptors (Lipinski definition) is 7. The van der Waals surface area contributed by atoms with Crippen LogP contribution in [-0.2, 0) is 4.74 Å². The summed E-state index contributed by atoms with van der Waals surface area (Å²) in [5.74, 6) is 0. The number of hydrogen-bond donors (Lipinski definition) is 4. The summed E-state index contributed by atoms with van der Waals surface area (Å²) in [6, 6.07) is 0. The number of nitrogens with zero attached hydrogens (tertiary/aromatic N) is 2. The van der Waals surface area contributed by atoms with Gasteiger partial charge in [-0.2, -0.15) is 4.98 Å². The molecule has 1 unspecified atom stereocenters. The fourth-order valence-corrected chi connectivity index (χ4v) is 2.70. The van der Waals surface area contributed by atoms with Gasteiger partial charge >= 0.3 is 5.69 Å². The average molecular weight is 323 g/mol. The summed E-state index contributed by atoms with van der Waals surface area (Å²) in [5.41, 5.74) is 0.215. The summed E-state index contributed by atoms with van der Waals surface area (Å²) in [6.07, 6.45) is -3.43. The van der Waals surface area contributed by atoms with Gasteiger partial charge in [-0.05, 0) is 19.4 Å². The lowest BCUT2D eigenvalue weighted by molar-refractivity contribution is -0.0547. The zero-order valence-electron chi connectivity index (χ0n) is 12.6. The van der Waals surface area contributed by atoms with Crippen molar-refractivity contribution in [2.24, 2.45) is 0 Å². The van der Waals surface area contributed by atoms with E-state index in [1.807, 2.05) is 0 Å². The summed E-state index contributed by atoms with van der Waals surface area (Å²) in [4.78, 5) is 30.3. The molecule has 3 heterocycles. The fraction of sp³-hybridized carbons (Fsp3) is 0.500. The Hall–Kier alpha value is -2.07. The van der Waals surface area contributed by atoms with E-state index in [0.29, 0.717) is 16.5 Å². The van der Waals surface area contributed by atoms with E-state index in [0.717, 1.165) is 4.57 Å². The molecule has 1 aliphatic heterocycles. The summed E-state index contributed by atoms with van der Waals surface area (Å²) in [7, 11) is 0. The van der Waals surface area contributed by atoms with E-state index in [4.69, 9.17) is 9.84 Å². The molecule has 0 saturated carbocycles. The summed E-state index contributed by atoms with van der Waals surface area (Å²) >= 11 is 0. The van der Waals surface area contributed by atoms with Crippen molar-refractivity contribution in [2.75, 3.05) is 6.61 Å². The number of aliphatic hydroxyl groups excluding tert-OH is 3. The third kappa shape index (κ3) is 2.38. The lowest BCUT2D eigenvalue weighted by atomic mass is 10.1. The molecule has 0 spiro atoms. The van der Waals surface area contributed by atoms with Gasteiger partial charge in [-0.3, -0.25) is 9.36 Å². The molecule has 4 N–H and O–H groups in total. The van der Waals surface area contributed by atoms with Crippen LogP contribution in [-0.4, -0.2) is 54.8 Å². The van der Waals surface area contributed by atoms with Crippen molar-refractivity contribution in [1.29, 1.82) is 0 Å². The second kappa shape index (κ2) is 5.53. The van der Waals surface area contributed by atoms with Crippen LogP contribution in [0.25, 0.3) is 11.0 Å². The van der Waals surface area contributed by atoms with E-state index >= 15 is 0 Å². The summed E-state index contributed by atoms with van der Waals surface area (Å²) in [6.45, 7) is 2.88. The largest absolute Gasteiger partial charge is 0.394 e. The van der Waals surface area contributed by atoms with Gasteiger partial charge in [-0.1, -0.05) is 0 Å². The summed E-state index contributed by atoms with van der Waals surface area (Å²) < 4.78 is 6.40. The van der Waals surface area contributed by atoms with Crippen LogP contribution in [0.1, 0.15) is 17.4 Å². The molecule has 1 saturated heterocycles. The minimum atomic E-state index is -1.38. The minimum absolute atomic E-state index is 0.145. The van der Waals surface area contributed by atoms with Crippen LogP contribution < -0.4 is 11.2 Å². The molecule has 0 radical (unpaired) electrons. The number of pyridine rings is 1. The standard InChI is InChI=1S/C14H17N3O6/c1-5-6(2)12(21)15-11-7(5)3-17(14(22)16-11)13-10(20)9(19)8(4-18)23-13/h3,8-10,13,18-20H,4H2,1-2H3,(H,15,16,21,22)/t8-,9?,10+,13-/m1/s1. The van der Waals surface area contributed by atoms with Gasteiger partial charge in [0.25, 0.3) is 5.56 Å². The van der Waals surface area contributed by atoms with Crippen molar-refractivity contribution in [3.05, 3.63) is 38.2 Å². The molecule has 9 nitrogen and oxygen atoms in total. The monoisotopic (exact) mass is 323 g/mol. The normalized spacial score (nSPS) is 27.7. The molecule has 23 heavy (non-hydrogen) atoms. The first kappa shape index (κ1) is 15.8. The van der Waals surface area contributed by atoms with Crippen LogP contribution in [0.2, 0.25) is 0 Å². The molecule has 2 aromatic rings. The number of fused-ring (bicyclic) bond motifs is 1. The van der Waals surface area contributed by atoms with E-state index < -0.39 is 36.8 Å². The highest BCUT2D eigenvalue weighted by atomic mass is 16.6. The van der Waals surface area contributed by atoms with Gasteiger partial charge in [0.1, 0.15) is 24.0 Å². The molecule has 9 heteroatoms. The van der Waals surface area contributed by atoms with E-state index in [-0.39, 0.29) is 11.2 Å². The van der Waals surface area contributed by atoms with Gasteiger partial charge in [0.2, 0.25) is 0 Å². The quantitative estimate of drug-likeness (QED) is 0.517. The third-order valence-electron chi connectivity index (χ3n) is 4.28. The Morgan fingerprint density at radius 2 is 1.96 bits per heavy atom. The SMILES string of the molecule is Cc1c(C)c2cn([C@@H]3O[C@H](CO)C(O)[C@@H]3O)c(=O)nc2[nH]c1=O. The highest BCUT2D eigenvalue weighted by molar-refractivity contribution is 5.78. The Kier molecular flexibility index (Phi) is 3.80. The molecule has 1 aliphatic rings. The van der Waals surface area contributed by atoms with Gasteiger partial charge in [0, 0.05) is 17.1 Å².